The largest absolute Gasteiger partial charge is 0.507 e. The summed E-state index contributed by atoms with van der Waals surface area (Å²) in [4.78, 5) is 26.1. The Morgan fingerprint density at radius 2 is 1.60 bits per heavy atom. The molecule has 0 spiro atoms. The van der Waals surface area contributed by atoms with E-state index >= 15 is 0 Å². The van der Waals surface area contributed by atoms with Crippen LogP contribution in [0.4, 0.5) is 0 Å². The van der Waals surface area contributed by atoms with E-state index in [0.29, 0.717) is 10.8 Å². The summed E-state index contributed by atoms with van der Waals surface area (Å²) in [6.45, 7) is 7.10. The molecule has 2 aromatic rings. The molecular formula is C19H23NO5. The van der Waals surface area contributed by atoms with Crippen molar-refractivity contribution in [2.24, 2.45) is 0 Å². The second-order valence-corrected chi connectivity index (χ2v) is 6.40. The van der Waals surface area contributed by atoms with Crippen molar-refractivity contribution in [1.29, 1.82) is 0 Å². The van der Waals surface area contributed by atoms with Crippen molar-refractivity contribution in [2.45, 2.75) is 39.8 Å². The maximum atomic E-state index is 12.3. The number of benzene rings is 2. The van der Waals surface area contributed by atoms with Gasteiger partial charge in [0, 0.05) is 22.9 Å². The zero-order valence-electron chi connectivity index (χ0n) is 14.8. The summed E-state index contributed by atoms with van der Waals surface area (Å²) in [5.41, 5.74) is -0.176. The zero-order valence-corrected chi connectivity index (χ0v) is 14.8. The van der Waals surface area contributed by atoms with Gasteiger partial charge in [-0.15, -0.1) is 0 Å². The smallest absolute Gasteiger partial charge is 0.342 e. The second-order valence-electron chi connectivity index (χ2n) is 6.40. The monoisotopic (exact) mass is 345 g/mol. The summed E-state index contributed by atoms with van der Waals surface area (Å²) in [5, 5.41) is 21.1. The lowest BCUT2D eigenvalue weighted by Crippen LogP contribution is -2.44. The predicted molar refractivity (Wildman–Crippen MR) is 94.7 cm³/mol. The third-order valence-corrected chi connectivity index (χ3v) is 3.94. The second kappa shape index (κ2) is 7.42. The number of hydrogen-bond donors (Lipinski definition) is 2. The van der Waals surface area contributed by atoms with E-state index in [0.717, 1.165) is 6.07 Å². The van der Waals surface area contributed by atoms with Gasteiger partial charge in [0.2, 0.25) is 0 Å². The van der Waals surface area contributed by atoms with Gasteiger partial charge < -0.3 is 19.8 Å². The molecule has 2 N–H and O–H groups in total. The van der Waals surface area contributed by atoms with Gasteiger partial charge in [0.05, 0.1) is 0 Å². The minimum Gasteiger partial charge on any atom is -0.507 e. The SMILES string of the molecule is CC(C)N(C(=O)COC(=O)c1cc(O)c2ccccc2c1O)C(C)C. The van der Waals surface area contributed by atoms with Crippen LogP contribution < -0.4 is 0 Å². The first-order valence-electron chi connectivity index (χ1n) is 8.16. The fourth-order valence-corrected chi connectivity index (χ4v) is 2.95. The minimum atomic E-state index is -0.862. The zero-order chi connectivity index (χ0) is 18.7. The first-order valence-corrected chi connectivity index (χ1v) is 8.16. The Balaban J connectivity index is 2.20. The summed E-state index contributed by atoms with van der Waals surface area (Å²) in [7, 11) is 0. The van der Waals surface area contributed by atoms with E-state index in [1.807, 2.05) is 27.7 Å². The molecule has 0 aliphatic carbocycles. The van der Waals surface area contributed by atoms with E-state index in [9.17, 15) is 19.8 Å². The normalized spacial score (nSPS) is 11.1. The van der Waals surface area contributed by atoms with Crippen LogP contribution in [0.3, 0.4) is 0 Å². The minimum absolute atomic E-state index is 0.0238. The average Bonchev–Trinajstić information content (AvgIpc) is 2.55. The van der Waals surface area contributed by atoms with Crippen LogP contribution in [-0.4, -0.2) is 45.7 Å². The molecule has 0 saturated carbocycles. The Bertz CT molecular complexity index is 790. The van der Waals surface area contributed by atoms with Gasteiger partial charge in [-0.05, 0) is 33.8 Å². The van der Waals surface area contributed by atoms with Crippen LogP contribution in [0.2, 0.25) is 0 Å². The van der Waals surface area contributed by atoms with Gasteiger partial charge in [-0.2, -0.15) is 0 Å². The number of nitrogens with zero attached hydrogens (tertiary/aromatic N) is 1. The first-order chi connectivity index (χ1) is 11.7. The number of rotatable bonds is 5. The maximum absolute atomic E-state index is 12.3. The molecule has 0 heterocycles. The summed E-state index contributed by atoms with van der Waals surface area (Å²) in [5.74, 6) is -1.60. The van der Waals surface area contributed by atoms with Crippen molar-refractivity contribution >= 4 is 22.6 Å². The number of fused-ring (bicyclic) bond motifs is 1. The molecule has 0 radical (unpaired) electrons. The van der Waals surface area contributed by atoms with Gasteiger partial charge >= 0.3 is 5.97 Å². The number of amides is 1. The van der Waals surface area contributed by atoms with Gasteiger partial charge in [0.1, 0.15) is 17.1 Å². The highest BCUT2D eigenvalue weighted by molar-refractivity contribution is 6.04. The molecular weight excluding hydrogens is 322 g/mol. The molecule has 0 unspecified atom stereocenters. The van der Waals surface area contributed by atoms with E-state index in [1.54, 1.807) is 29.2 Å². The van der Waals surface area contributed by atoms with Crippen molar-refractivity contribution < 1.29 is 24.5 Å². The Kier molecular flexibility index (Phi) is 5.51. The van der Waals surface area contributed by atoms with Gasteiger partial charge in [-0.3, -0.25) is 4.79 Å². The molecule has 25 heavy (non-hydrogen) atoms. The van der Waals surface area contributed by atoms with E-state index in [1.165, 1.54) is 0 Å². The van der Waals surface area contributed by atoms with Crippen LogP contribution >= 0.6 is 0 Å². The fourth-order valence-electron chi connectivity index (χ4n) is 2.95. The molecule has 0 fully saturated rings. The molecule has 6 nitrogen and oxygen atoms in total. The third-order valence-electron chi connectivity index (χ3n) is 3.94. The molecule has 0 aliphatic heterocycles. The Morgan fingerprint density at radius 3 is 2.16 bits per heavy atom. The van der Waals surface area contributed by atoms with Gasteiger partial charge in [0.25, 0.3) is 5.91 Å². The predicted octanol–water partition coefficient (Wildman–Crippen LogP) is 3.05. The van der Waals surface area contributed by atoms with Crippen molar-refractivity contribution in [3.05, 3.63) is 35.9 Å². The molecule has 134 valence electrons. The van der Waals surface area contributed by atoms with E-state index in [2.05, 4.69) is 0 Å². The number of phenols is 2. The summed E-state index contributed by atoms with van der Waals surface area (Å²) >= 11 is 0. The molecule has 2 rings (SSSR count). The lowest BCUT2D eigenvalue weighted by molar-refractivity contribution is -0.138. The van der Waals surface area contributed by atoms with Gasteiger partial charge in [-0.25, -0.2) is 4.79 Å². The molecule has 0 saturated heterocycles. The van der Waals surface area contributed by atoms with Crippen molar-refractivity contribution in [3.63, 3.8) is 0 Å². The summed E-state index contributed by atoms with van der Waals surface area (Å²) < 4.78 is 5.05. The molecule has 0 aliphatic rings. The standard InChI is InChI=1S/C19H23NO5/c1-11(2)20(12(3)4)17(22)10-25-19(24)15-9-16(21)13-7-5-6-8-14(13)18(15)23/h5-9,11-12,21,23H,10H2,1-4H3. The van der Waals surface area contributed by atoms with Crippen LogP contribution in [0.1, 0.15) is 38.1 Å². The lowest BCUT2D eigenvalue weighted by Gasteiger charge is -2.30. The summed E-state index contributed by atoms with van der Waals surface area (Å²) in [6, 6.07) is 7.72. The van der Waals surface area contributed by atoms with Crippen molar-refractivity contribution in [3.8, 4) is 11.5 Å². The highest BCUT2D eigenvalue weighted by Crippen LogP contribution is 2.35. The Labute approximate surface area is 146 Å². The van der Waals surface area contributed by atoms with Gasteiger partial charge in [0.15, 0.2) is 6.61 Å². The lowest BCUT2D eigenvalue weighted by atomic mass is 10.0. The topological polar surface area (TPSA) is 87.1 Å². The van der Waals surface area contributed by atoms with E-state index in [-0.39, 0.29) is 35.1 Å². The fraction of sp³-hybridized carbons (Fsp3) is 0.368. The van der Waals surface area contributed by atoms with Crippen molar-refractivity contribution in [2.75, 3.05) is 6.61 Å². The average molecular weight is 345 g/mol. The molecule has 2 aromatic carbocycles. The first kappa shape index (κ1) is 18.6. The van der Waals surface area contributed by atoms with E-state index in [4.69, 9.17) is 4.74 Å². The quantitative estimate of drug-likeness (QED) is 0.642. The molecule has 0 bridgehead atoms. The summed E-state index contributed by atoms with van der Waals surface area (Å²) in [6.07, 6.45) is 0. The van der Waals surface area contributed by atoms with Crippen LogP contribution in [-0.2, 0) is 9.53 Å². The molecule has 0 aromatic heterocycles. The number of carbonyl (C=O) groups is 2. The number of carbonyl (C=O) groups excluding carboxylic acids is 2. The Morgan fingerprint density at radius 1 is 1.04 bits per heavy atom. The highest BCUT2D eigenvalue weighted by atomic mass is 16.5. The molecule has 6 heteroatoms. The maximum Gasteiger partial charge on any atom is 0.342 e. The van der Waals surface area contributed by atoms with Crippen molar-refractivity contribution in [1.82, 2.24) is 4.90 Å². The number of esters is 1. The third kappa shape index (κ3) is 3.84. The van der Waals surface area contributed by atoms with E-state index < -0.39 is 12.6 Å². The number of aromatic hydroxyl groups is 2. The molecule has 1 amide bonds. The van der Waals surface area contributed by atoms with Crippen LogP contribution in [0.25, 0.3) is 10.8 Å². The Hall–Kier alpha value is -2.76. The number of phenolic OH excluding ortho intramolecular Hbond substituents is 2. The number of hydrogen-bond acceptors (Lipinski definition) is 5. The van der Waals surface area contributed by atoms with Crippen LogP contribution in [0.5, 0.6) is 11.5 Å². The van der Waals surface area contributed by atoms with Crippen LogP contribution in [0.15, 0.2) is 30.3 Å². The highest BCUT2D eigenvalue weighted by Gasteiger charge is 2.23. The van der Waals surface area contributed by atoms with Gasteiger partial charge in [-0.1, -0.05) is 24.3 Å². The molecule has 0 atom stereocenters. The number of ether oxygens (including phenoxy) is 1. The van der Waals surface area contributed by atoms with Crippen LogP contribution in [0, 0.1) is 0 Å².